The highest BCUT2D eigenvalue weighted by atomic mass is 16.6. The molecule has 2 heterocycles. The summed E-state index contributed by atoms with van der Waals surface area (Å²) in [6, 6.07) is 26.0. The zero-order valence-electron chi connectivity index (χ0n) is 18.8. The molecule has 0 atom stereocenters. The summed E-state index contributed by atoms with van der Waals surface area (Å²) in [5, 5.41) is 12.0. The van der Waals surface area contributed by atoms with E-state index in [2.05, 4.69) is 0 Å². The molecule has 5 aromatic rings. The number of rotatable bonds is 6. The number of hydrogen-bond acceptors (Lipinski definition) is 5. The first-order chi connectivity index (χ1) is 17.0. The van der Waals surface area contributed by atoms with Gasteiger partial charge in [0, 0.05) is 23.3 Å². The van der Waals surface area contributed by atoms with Crippen molar-refractivity contribution in [1.82, 2.24) is 4.40 Å². The van der Waals surface area contributed by atoms with Gasteiger partial charge in [0.1, 0.15) is 5.69 Å². The number of benzene rings is 3. The van der Waals surface area contributed by atoms with Gasteiger partial charge in [-0.2, -0.15) is 0 Å². The second-order valence-electron chi connectivity index (χ2n) is 7.93. The molecule has 3 aromatic carbocycles. The molecule has 0 amide bonds. The van der Waals surface area contributed by atoms with E-state index in [1.165, 1.54) is 24.3 Å². The fraction of sp³-hybridized carbons (Fsp3) is 0.0714. The lowest BCUT2D eigenvalue weighted by molar-refractivity contribution is -0.384. The van der Waals surface area contributed by atoms with Gasteiger partial charge >= 0.3 is 5.97 Å². The fourth-order valence-electron chi connectivity index (χ4n) is 4.39. The van der Waals surface area contributed by atoms with Crippen molar-refractivity contribution < 1.29 is 19.2 Å². The number of esters is 1. The van der Waals surface area contributed by atoms with Gasteiger partial charge in [0.15, 0.2) is 5.78 Å². The standard InChI is InChI=1S/C28H20N2O5/c1-2-35-28(32)26-24(19-9-4-3-5-10-19)25(27(31)20-12-15-21(16-13-20)30(33)34)23-17-14-18-8-6-7-11-22(18)29(23)26/h3-17H,2H2,1H3. The average molecular weight is 464 g/mol. The van der Waals surface area contributed by atoms with Crippen LogP contribution in [-0.2, 0) is 4.74 Å². The molecule has 0 fully saturated rings. The summed E-state index contributed by atoms with van der Waals surface area (Å²) in [5.74, 6) is -0.887. The number of hydrogen-bond donors (Lipinski definition) is 0. The van der Waals surface area contributed by atoms with Gasteiger partial charge < -0.3 is 9.14 Å². The molecule has 0 saturated heterocycles. The Kier molecular flexibility index (Phi) is 5.58. The van der Waals surface area contributed by atoms with Crippen molar-refractivity contribution in [2.75, 3.05) is 6.61 Å². The summed E-state index contributed by atoms with van der Waals surface area (Å²) >= 11 is 0. The SMILES string of the molecule is CCOC(=O)c1c(-c2ccccc2)c(C(=O)c2ccc([N+](=O)[O-])cc2)c2ccc3ccccc3n12. The second-order valence-corrected chi connectivity index (χ2v) is 7.93. The molecule has 0 spiro atoms. The van der Waals surface area contributed by atoms with Crippen molar-refractivity contribution in [3.63, 3.8) is 0 Å². The molecule has 35 heavy (non-hydrogen) atoms. The molecular formula is C28H20N2O5. The molecule has 5 rings (SSSR count). The third-order valence-corrected chi connectivity index (χ3v) is 5.90. The van der Waals surface area contributed by atoms with Crippen molar-refractivity contribution >= 4 is 33.9 Å². The minimum atomic E-state index is -0.541. The molecule has 0 unspecified atom stereocenters. The van der Waals surface area contributed by atoms with Crippen LogP contribution in [-0.4, -0.2) is 27.7 Å². The summed E-state index contributed by atoms with van der Waals surface area (Å²) in [5.41, 5.74) is 3.22. The van der Waals surface area contributed by atoms with E-state index in [4.69, 9.17) is 4.74 Å². The molecule has 0 saturated carbocycles. The lowest BCUT2D eigenvalue weighted by Gasteiger charge is -2.09. The maximum absolute atomic E-state index is 13.9. The molecule has 2 aromatic heterocycles. The van der Waals surface area contributed by atoms with Crippen LogP contribution in [0.2, 0.25) is 0 Å². The van der Waals surface area contributed by atoms with Crippen LogP contribution < -0.4 is 0 Å². The number of ketones is 1. The highest BCUT2D eigenvalue weighted by Gasteiger charge is 2.30. The zero-order valence-corrected chi connectivity index (χ0v) is 18.8. The van der Waals surface area contributed by atoms with Crippen LogP contribution >= 0.6 is 0 Å². The molecule has 0 N–H and O–H groups in total. The Labute approximate surface area is 200 Å². The molecule has 0 aliphatic heterocycles. The van der Waals surface area contributed by atoms with Crippen molar-refractivity contribution in [2.45, 2.75) is 6.92 Å². The number of non-ortho nitro benzene ring substituents is 1. The topological polar surface area (TPSA) is 90.9 Å². The minimum absolute atomic E-state index is 0.107. The van der Waals surface area contributed by atoms with E-state index in [0.717, 1.165) is 10.9 Å². The number of ether oxygens (including phenoxy) is 1. The summed E-state index contributed by atoms with van der Waals surface area (Å²) < 4.78 is 7.21. The summed E-state index contributed by atoms with van der Waals surface area (Å²) in [6.07, 6.45) is 0. The maximum atomic E-state index is 13.9. The highest BCUT2D eigenvalue weighted by Crippen LogP contribution is 2.37. The van der Waals surface area contributed by atoms with Crippen LogP contribution in [0.25, 0.3) is 27.5 Å². The smallest absolute Gasteiger partial charge is 0.355 e. The number of carbonyl (C=O) groups is 2. The molecule has 7 nitrogen and oxygen atoms in total. The number of carbonyl (C=O) groups excluding carboxylic acids is 2. The monoisotopic (exact) mass is 464 g/mol. The van der Waals surface area contributed by atoms with Gasteiger partial charge in [-0.25, -0.2) is 4.79 Å². The molecule has 0 radical (unpaired) electrons. The summed E-state index contributed by atoms with van der Waals surface area (Å²) in [4.78, 5) is 37.9. The highest BCUT2D eigenvalue weighted by molar-refractivity contribution is 6.21. The van der Waals surface area contributed by atoms with Crippen LogP contribution in [0.4, 0.5) is 5.69 Å². The van der Waals surface area contributed by atoms with Crippen LogP contribution in [0.15, 0.2) is 91.0 Å². The number of nitro groups is 1. The molecule has 0 aliphatic carbocycles. The summed E-state index contributed by atoms with van der Waals surface area (Å²) in [6.45, 7) is 1.91. The minimum Gasteiger partial charge on any atom is -0.461 e. The van der Waals surface area contributed by atoms with E-state index in [1.54, 1.807) is 11.3 Å². The van der Waals surface area contributed by atoms with Crippen LogP contribution in [0, 0.1) is 10.1 Å². The van der Waals surface area contributed by atoms with E-state index < -0.39 is 10.9 Å². The zero-order chi connectivity index (χ0) is 24.5. The van der Waals surface area contributed by atoms with E-state index in [0.29, 0.717) is 22.2 Å². The summed E-state index contributed by atoms with van der Waals surface area (Å²) in [7, 11) is 0. The molecule has 172 valence electrons. The molecule has 0 aliphatic rings. The quantitative estimate of drug-likeness (QED) is 0.132. The fourth-order valence-corrected chi connectivity index (χ4v) is 4.39. The van der Waals surface area contributed by atoms with Gasteiger partial charge in [-0.15, -0.1) is 0 Å². The first-order valence-electron chi connectivity index (χ1n) is 11.1. The second kappa shape index (κ2) is 8.87. The average Bonchev–Trinajstić information content (AvgIpc) is 3.25. The molecular weight excluding hydrogens is 444 g/mol. The van der Waals surface area contributed by atoms with E-state index in [1.807, 2.05) is 66.7 Å². The maximum Gasteiger partial charge on any atom is 0.355 e. The van der Waals surface area contributed by atoms with E-state index in [-0.39, 0.29) is 29.3 Å². The number of para-hydroxylation sites is 1. The van der Waals surface area contributed by atoms with Crippen molar-refractivity contribution in [1.29, 1.82) is 0 Å². The van der Waals surface area contributed by atoms with Gasteiger partial charge in [-0.1, -0.05) is 54.6 Å². The predicted molar refractivity (Wildman–Crippen MR) is 133 cm³/mol. The Hall–Kier alpha value is -4.78. The van der Waals surface area contributed by atoms with Crippen LogP contribution in [0.3, 0.4) is 0 Å². The third kappa shape index (κ3) is 3.73. The first kappa shape index (κ1) is 22.0. The number of pyridine rings is 1. The molecule has 0 bridgehead atoms. The van der Waals surface area contributed by atoms with Crippen molar-refractivity contribution in [3.8, 4) is 11.1 Å². The van der Waals surface area contributed by atoms with Gasteiger partial charge in [-0.05, 0) is 42.1 Å². The van der Waals surface area contributed by atoms with Crippen molar-refractivity contribution in [2.24, 2.45) is 0 Å². The van der Waals surface area contributed by atoms with E-state index >= 15 is 0 Å². The Balaban J connectivity index is 1.89. The first-order valence-corrected chi connectivity index (χ1v) is 11.1. The number of aromatic nitrogens is 1. The number of nitrogens with zero attached hydrogens (tertiary/aromatic N) is 2. The lowest BCUT2D eigenvalue weighted by Crippen LogP contribution is -2.10. The molecule has 7 heteroatoms. The van der Waals surface area contributed by atoms with E-state index in [9.17, 15) is 19.7 Å². The Morgan fingerprint density at radius 2 is 1.54 bits per heavy atom. The number of fused-ring (bicyclic) bond motifs is 3. The Morgan fingerprint density at radius 3 is 2.23 bits per heavy atom. The van der Waals surface area contributed by atoms with Gasteiger partial charge in [0.25, 0.3) is 5.69 Å². The van der Waals surface area contributed by atoms with Gasteiger partial charge in [0.05, 0.1) is 28.1 Å². The Bertz CT molecular complexity index is 1600. The largest absolute Gasteiger partial charge is 0.461 e. The normalized spacial score (nSPS) is 11.0. The Morgan fingerprint density at radius 1 is 0.857 bits per heavy atom. The van der Waals surface area contributed by atoms with Crippen LogP contribution in [0.1, 0.15) is 33.3 Å². The van der Waals surface area contributed by atoms with Crippen LogP contribution in [0.5, 0.6) is 0 Å². The van der Waals surface area contributed by atoms with Crippen molar-refractivity contribution in [3.05, 3.63) is 118 Å². The lowest BCUT2D eigenvalue weighted by atomic mass is 9.94. The number of nitro benzene ring substituents is 1. The van der Waals surface area contributed by atoms with Gasteiger partial charge in [-0.3, -0.25) is 14.9 Å². The predicted octanol–water partition coefficient (Wildman–Crippen LogP) is 6.08. The third-order valence-electron chi connectivity index (χ3n) is 5.90. The van der Waals surface area contributed by atoms with Gasteiger partial charge in [0.2, 0.25) is 0 Å².